The summed E-state index contributed by atoms with van der Waals surface area (Å²) >= 11 is 0. The van der Waals surface area contributed by atoms with E-state index in [2.05, 4.69) is 6.92 Å². The summed E-state index contributed by atoms with van der Waals surface area (Å²) in [6, 6.07) is 0. The van der Waals surface area contributed by atoms with Gasteiger partial charge in [-0.3, -0.25) is 4.79 Å². The molecule has 2 heteroatoms. The highest BCUT2D eigenvalue weighted by molar-refractivity contribution is 5.69. The monoisotopic (exact) mass is 156 g/mol. The standard InChI is InChI=1S/C9H16O2/c1-2-3-8-4-5-9(10)11-7-6-8/h8H,2-7H2,1H3. The van der Waals surface area contributed by atoms with Gasteiger partial charge in [0, 0.05) is 6.42 Å². The van der Waals surface area contributed by atoms with Crippen LogP contribution in [0.4, 0.5) is 0 Å². The first kappa shape index (κ1) is 8.57. The minimum Gasteiger partial charge on any atom is -0.466 e. The highest BCUT2D eigenvalue weighted by Crippen LogP contribution is 2.20. The molecule has 0 N–H and O–H groups in total. The average molecular weight is 156 g/mol. The molecular weight excluding hydrogens is 140 g/mol. The van der Waals surface area contributed by atoms with Crippen molar-refractivity contribution in [2.24, 2.45) is 5.92 Å². The number of ether oxygens (including phenoxy) is 1. The summed E-state index contributed by atoms with van der Waals surface area (Å²) in [5.74, 6) is 0.718. The highest BCUT2D eigenvalue weighted by atomic mass is 16.5. The smallest absolute Gasteiger partial charge is 0.305 e. The predicted octanol–water partition coefficient (Wildman–Crippen LogP) is 2.13. The molecule has 0 aromatic carbocycles. The minimum absolute atomic E-state index is 0.0106. The molecule has 1 unspecified atom stereocenters. The van der Waals surface area contributed by atoms with Gasteiger partial charge in [-0.1, -0.05) is 19.8 Å². The Bertz CT molecular complexity index is 132. The molecule has 1 aliphatic rings. The molecule has 0 spiro atoms. The lowest BCUT2D eigenvalue weighted by Crippen LogP contribution is -2.00. The van der Waals surface area contributed by atoms with E-state index in [1.165, 1.54) is 12.8 Å². The van der Waals surface area contributed by atoms with Gasteiger partial charge in [0.25, 0.3) is 0 Å². The number of hydrogen-bond donors (Lipinski definition) is 0. The van der Waals surface area contributed by atoms with Crippen LogP contribution in [0, 0.1) is 5.92 Å². The molecule has 1 atom stereocenters. The molecule has 2 nitrogen and oxygen atoms in total. The zero-order chi connectivity index (χ0) is 8.10. The minimum atomic E-state index is -0.0106. The Labute approximate surface area is 67.9 Å². The fourth-order valence-corrected chi connectivity index (χ4v) is 1.57. The third kappa shape index (κ3) is 2.91. The Morgan fingerprint density at radius 3 is 3.09 bits per heavy atom. The van der Waals surface area contributed by atoms with Crippen LogP contribution in [-0.2, 0) is 9.53 Å². The van der Waals surface area contributed by atoms with Crippen LogP contribution in [0.5, 0.6) is 0 Å². The summed E-state index contributed by atoms with van der Waals surface area (Å²) in [5.41, 5.74) is 0. The Kier molecular flexibility index (Phi) is 3.40. The number of esters is 1. The maximum absolute atomic E-state index is 10.8. The van der Waals surface area contributed by atoms with Crippen LogP contribution in [0.15, 0.2) is 0 Å². The molecule has 1 heterocycles. The molecule has 0 bridgehead atoms. The Hall–Kier alpha value is -0.530. The van der Waals surface area contributed by atoms with Gasteiger partial charge in [0.15, 0.2) is 0 Å². The van der Waals surface area contributed by atoms with Crippen molar-refractivity contribution in [2.45, 2.75) is 39.0 Å². The molecule has 0 amide bonds. The van der Waals surface area contributed by atoms with Crippen molar-refractivity contribution < 1.29 is 9.53 Å². The van der Waals surface area contributed by atoms with E-state index < -0.39 is 0 Å². The molecule has 0 saturated carbocycles. The van der Waals surface area contributed by atoms with Gasteiger partial charge in [0.1, 0.15) is 0 Å². The van der Waals surface area contributed by atoms with Crippen LogP contribution in [0.2, 0.25) is 0 Å². The van der Waals surface area contributed by atoms with Gasteiger partial charge in [-0.25, -0.2) is 0 Å². The summed E-state index contributed by atoms with van der Waals surface area (Å²) in [4.78, 5) is 10.8. The van der Waals surface area contributed by atoms with Crippen LogP contribution in [0.3, 0.4) is 0 Å². The second kappa shape index (κ2) is 4.37. The summed E-state index contributed by atoms with van der Waals surface area (Å²) in [6.07, 6.45) is 5.20. The van der Waals surface area contributed by atoms with Gasteiger partial charge in [0.05, 0.1) is 6.61 Å². The lowest BCUT2D eigenvalue weighted by molar-refractivity contribution is -0.142. The number of hydrogen-bond acceptors (Lipinski definition) is 2. The first-order valence-electron chi connectivity index (χ1n) is 4.48. The fraction of sp³-hybridized carbons (Fsp3) is 0.889. The van der Waals surface area contributed by atoms with E-state index in [4.69, 9.17) is 4.74 Å². The molecule has 64 valence electrons. The number of cyclic esters (lactones) is 1. The molecule has 1 saturated heterocycles. The third-order valence-electron chi connectivity index (χ3n) is 2.24. The normalized spacial score (nSPS) is 25.9. The first-order chi connectivity index (χ1) is 5.33. The van der Waals surface area contributed by atoms with Gasteiger partial charge in [-0.15, -0.1) is 0 Å². The molecule has 0 aliphatic carbocycles. The van der Waals surface area contributed by atoms with Gasteiger partial charge in [-0.2, -0.15) is 0 Å². The molecular formula is C9H16O2. The van der Waals surface area contributed by atoms with Crippen molar-refractivity contribution in [1.29, 1.82) is 0 Å². The molecule has 0 aromatic rings. The Morgan fingerprint density at radius 2 is 2.36 bits per heavy atom. The fourth-order valence-electron chi connectivity index (χ4n) is 1.57. The third-order valence-corrected chi connectivity index (χ3v) is 2.24. The number of rotatable bonds is 2. The van der Waals surface area contributed by atoms with E-state index in [0.717, 1.165) is 18.8 Å². The van der Waals surface area contributed by atoms with Crippen LogP contribution < -0.4 is 0 Å². The van der Waals surface area contributed by atoms with Crippen molar-refractivity contribution in [2.75, 3.05) is 6.61 Å². The van der Waals surface area contributed by atoms with Gasteiger partial charge in [0.2, 0.25) is 0 Å². The topological polar surface area (TPSA) is 26.3 Å². The second-order valence-electron chi connectivity index (χ2n) is 3.20. The second-order valence-corrected chi connectivity index (χ2v) is 3.20. The van der Waals surface area contributed by atoms with E-state index in [1.807, 2.05) is 0 Å². The van der Waals surface area contributed by atoms with E-state index in [9.17, 15) is 4.79 Å². The quantitative estimate of drug-likeness (QED) is 0.572. The van der Waals surface area contributed by atoms with Gasteiger partial charge < -0.3 is 4.74 Å². The summed E-state index contributed by atoms with van der Waals surface area (Å²) < 4.78 is 4.94. The first-order valence-corrected chi connectivity index (χ1v) is 4.48. The maximum atomic E-state index is 10.8. The summed E-state index contributed by atoms with van der Waals surface area (Å²) in [5, 5.41) is 0. The SMILES string of the molecule is CCCC1CCOC(=O)CC1. The zero-order valence-corrected chi connectivity index (χ0v) is 7.14. The molecule has 0 aromatic heterocycles. The van der Waals surface area contributed by atoms with Crippen molar-refractivity contribution in [3.05, 3.63) is 0 Å². The molecule has 0 radical (unpaired) electrons. The van der Waals surface area contributed by atoms with Crippen molar-refractivity contribution in [1.82, 2.24) is 0 Å². The molecule has 1 aliphatic heterocycles. The van der Waals surface area contributed by atoms with E-state index >= 15 is 0 Å². The van der Waals surface area contributed by atoms with Crippen molar-refractivity contribution >= 4 is 5.97 Å². The summed E-state index contributed by atoms with van der Waals surface area (Å²) in [6.45, 7) is 2.83. The van der Waals surface area contributed by atoms with E-state index in [1.54, 1.807) is 0 Å². The maximum Gasteiger partial charge on any atom is 0.305 e. The van der Waals surface area contributed by atoms with Crippen LogP contribution in [-0.4, -0.2) is 12.6 Å². The van der Waals surface area contributed by atoms with Crippen molar-refractivity contribution in [3.8, 4) is 0 Å². The van der Waals surface area contributed by atoms with Crippen LogP contribution in [0.25, 0.3) is 0 Å². The molecule has 11 heavy (non-hydrogen) atoms. The number of carbonyl (C=O) groups excluding carboxylic acids is 1. The van der Waals surface area contributed by atoms with Gasteiger partial charge >= 0.3 is 5.97 Å². The van der Waals surface area contributed by atoms with Gasteiger partial charge in [-0.05, 0) is 18.8 Å². The van der Waals surface area contributed by atoms with Crippen molar-refractivity contribution in [3.63, 3.8) is 0 Å². The highest BCUT2D eigenvalue weighted by Gasteiger charge is 2.15. The van der Waals surface area contributed by atoms with Crippen LogP contribution >= 0.6 is 0 Å². The molecule has 1 rings (SSSR count). The Balaban J connectivity index is 2.28. The zero-order valence-electron chi connectivity index (χ0n) is 7.14. The predicted molar refractivity (Wildman–Crippen MR) is 43.2 cm³/mol. The molecule has 1 fully saturated rings. The summed E-state index contributed by atoms with van der Waals surface area (Å²) in [7, 11) is 0. The van der Waals surface area contributed by atoms with Crippen LogP contribution in [0.1, 0.15) is 39.0 Å². The van der Waals surface area contributed by atoms with E-state index in [0.29, 0.717) is 13.0 Å². The Morgan fingerprint density at radius 1 is 1.55 bits per heavy atom. The number of carbonyl (C=O) groups is 1. The van der Waals surface area contributed by atoms with E-state index in [-0.39, 0.29) is 5.97 Å². The lowest BCUT2D eigenvalue weighted by atomic mass is 9.96. The average Bonchev–Trinajstić information content (AvgIpc) is 2.17. The largest absolute Gasteiger partial charge is 0.466 e. The lowest BCUT2D eigenvalue weighted by Gasteiger charge is -2.09.